The van der Waals surface area contributed by atoms with E-state index in [4.69, 9.17) is 10.5 Å². The van der Waals surface area contributed by atoms with E-state index in [1.54, 1.807) is 16.0 Å². The van der Waals surface area contributed by atoms with Crippen LogP contribution in [0.4, 0.5) is 26.8 Å². The van der Waals surface area contributed by atoms with Crippen molar-refractivity contribution in [3.05, 3.63) is 12.3 Å². The highest BCUT2D eigenvalue weighted by Gasteiger charge is 2.28. The molecule has 9 nitrogen and oxygen atoms in total. The summed E-state index contributed by atoms with van der Waals surface area (Å²) in [5, 5.41) is 2.77. The molecule has 0 spiro atoms. The molecule has 0 bridgehead atoms. The van der Waals surface area contributed by atoms with Crippen molar-refractivity contribution < 1.29 is 14.3 Å². The number of hydrogen-bond acceptors (Lipinski definition) is 6. The van der Waals surface area contributed by atoms with E-state index in [9.17, 15) is 9.59 Å². The smallest absolute Gasteiger partial charge is 0.410 e. The number of carbonyl (C=O) groups is 2. The third kappa shape index (κ3) is 3.92. The highest BCUT2D eigenvalue weighted by molar-refractivity contribution is 5.94. The first kappa shape index (κ1) is 18.1. The molecule has 0 aromatic carbocycles. The molecule has 0 saturated carbocycles. The number of aromatic nitrogens is 1. The fraction of sp³-hybridized carbons (Fsp3) is 0.588. The molecule has 9 heteroatoms. The van der Waals surface area contributed by atoms with Gasteiger partial charge in [0.1, 0.15) is 11.4 Å². The predicted octanol–water partition coefficient (Wildman–Crippen LogP) is 1.25. The van der Waals surface area contributed by atoms with Gasteiger partial charge in [0.15, 0.2) is 0 Å². The average Bonchev–Trinajstić information content (AvgIpc) is 3.00. The SMILES string of the molecule is CC(C)(C)OC(=O)N1CCN(c2cc(N3CCNC3=O)cnc2N)CC1. The lowest BCUT2D eigenvalue weighted by Crippen LogP contribution is -2.50. The number of amides is 3. The van der Waals surface area contributed by atoms with Crippen molar-refractivity contribution in [3.8, 4) is 0 Å². The molecule has 1 aromatic heterocycles. The Balaban J connectivity index is 1.67. The number of nitrogens with two attached hydrogens (primary N) is 1. The van der Waals surface area contributed by atoms with Gasteiger partial charge in [-0.2, -0.15) is 0 Å². The fourth-order valence-corrected chi connectivity index (χ4v) is 3.03. The van der Waals surface area contributed by atoms with Crippen molar-refractivity contribution in [2.75, 3.05) is 54.8 Å². The topological polar surface area (TPSA) is 104 Å². The van der Waals surface area contributed by atoms with Gasteiger partial charge >= 0.3 is 12.1 Å². The molecule has 26 heavy (non-hydrogen) atoms. The number of nitrogens with one attached hydrogen (secondary N) is 1. The Bertz CT molecular complexity index is 694. The maximum absolute atomic E-state index is 12.2. The minimum absolute atomic E-state index is 0.128. The number of carbonyl (C=O) groups excluding carboxylic acids is 2. The summed E-state index contributed by atoms with van der Waals surface area (Å²) in [5.41, 5.74) is 7.05. The van der Waals surface area contributed by atoms with Crippen LogP contribution in [-0.2, 0) is 4.74 Å². The van der Waals surface area contributed by atoms with Crippen molar-refractivity contribution >= 4 is 29.3 Å². The molecule has 3 rings (SSSR count). The second kappa shape index (κ2) is 6.89. The van der Waals surface area contributed by atoms with Gasteiger partial charge in [-0.3, -0.25) is 4.90 Å². The normalized spacial score (nSPS) is 18.1. The van der Waals surface area contributed by atoms with Gasteiger partial charge < -0.3 is 25.6 Å². The lowest BCUT2D eigenvalue weighted by atomic mass is 10.2. The molecular formula is C17H26N6O3. The van der Waals surface area contributed by atoms with E-state index < -0.39 is 5.60 Å². The number of pyridine rings is 1. The Morgan fingerprint density at radius 3 is 2.50 bits per heavy atom. The van der Waals surface area contributed by atoms with Crippen LogP contribution in [0.3, 0.4) is 0 Å². The standard InChI is InChI=1S/C17H26N6O3/c1-17(2,3)26-16(25)22-8-6-21(7-9-22)13-10-12(11-20-14(13)18)23-5-4-19-15(23)24/h10-11H,4-9H2,1-3H3,(H2,18,20)(H,19,24). The van der Waals surface area contributed by atoms with Crippen molar-refractivity contribution in [1.29, 1.82) is 0 Å². The molecule has 1 aromatic rings. The van der Waals surface area contributed by atoms with Gasteiger partial charge in [-0.05, 0) is 26.8 Å². The highest BCUT2D eigenvalue weighted by Crippen LogP contribution is 2.28. The Hall–Kier alpha value is -2.71. The van der Waals surface area contributed by atoms with E-state index >= 15 is 0 Å². The molecule has 2 aliphatic rings. The van der Waals surface area contributed by atoms with Crippen LogP contribution < -0.4 is 20.9 Å². The molecule has 3 amide bonds. The molecule has 0 radical (unpaired) electrons. The summed E-state index contributed by atoms with van der Waals surface area (Å²) >= 11 is 0. The average molecular weight is 362 g/mol. The fourth-order valence-electron chi connectivity index (χ4n) is 3.03. The van der Waals surface area contributed by atoms with E-state index in [2.05, 4.69) is 15.2 Å². The quantitative estimate of drug-likeness (QED) is 0.821. The first-order valence-electron chi connectivity index (χ1n) is 8.78. The molecule has 142 valence electrons. The summed E-state index contributed by atoms with van der Waals surface area (Å²) in [7, 11) is 0. The number of urea groups is 1. The van der Waals surface area contributed by atoms with Crippen LogP contribution in [0.25, 0.3) is 0 Å². The van der Waals surface area contributed by atoms with Gasteiger partial charge in [0, 0.05) is 39.3 Å². The van der Waals surface area contributed by atoms with Gasteiger partial charge in [0.2, 0.25) is 0 Å². The van der Waals surface area contributed by atoms with Gasteiger partial charge in [0.05, 0.1) is 17.6 Å². The van der Waals surface area contributed by atoms with Gasteiger partial charge in [-0.1, -0.05) is 0 Å². The highest BCUT2D eigenvalue weighted by atomic mass is 16.6. The molecule has 0 aliphatic carbocycles. The zero-order valence-corrected chi connectivity index (χ0v) is 15.5. The molecule has 2 aliphatic heterocycles. The second-order valence-electron chi connectivity index (χ2n) is 7.44. The summed E-state index contributed by atoms with van der Waals surface area (Å²) in [6.07, 6.45) is 1.31. The first-order chi connectivity index (χ1) is 12.2. The summed E-state index contributed by atoms with van der Waals surface area (Å²) in [6, 6.07) is 1.76. The van der Waals surface area contributed by atoms with Crippen LogP contribution in [-0.4, -0.2) is 66.9 Å². The molecular weight excluding hydrogens is 336 g/mol. The largest absolute Gasteiger partial charge is 0.444 e. The molecule has 0 atom stereocenters. The molecule has 3 N–H and O–H groups in total. The van der Waals surface area contributed by atoms with Crippen molar-refractivity contribution in [2.45, 2.75) is 26.4 Å². The zero-order chi connectivity index (χ0) is 18.9. The van der Waals surface area contributed by atoms with Gasteiger partial charge in [-0.15, -0.1) is 0 Å². The van der Waals surface area contributed by atoms with E-state index in [1.165, 1.54) is 0 Å². The Kier molecular flexibility index (Phi) is 4.80. The Morgan fingerprint density at radius 2 is 1.92 bits per heavy atom. The number of piperazine rings is 1. The number of ether oxygens (including phenoxy) is 1. The minimum Gasteiger partial charge on any atom is -0.444 e. The Morgan fingerprint density at radius 1 is 1.23 bits per heavy atom. The third-order valence-electron chi connectivity index (χ3n) is 4.32. The van der Waals surface area contributed by atoms with Crippen LogP contribution in [0.2, 0.25) is 0 Å². The van der Waals surface area contributed by atoms with Gasteiger partial charge in [0.25, 0.3) is 0 Å². The summed E-state index contributed by atoms with van der Waals surface area (Å²) < 4.78 is 5.42. The molecule has 0 unspecified atom stereocenters. The van der Waals surface area contributed by atoms with E-state index in [0.29, 0.717) is 45.1 Å². The summed E-state index contributed by atoms with van der Waals surface area (Å²) in [6.45, 7) is 9.13. The van der Waals surface area contributed by atoms with Crippen LogP contribution in [0.1, 0.15) is 20.8 Å². The third-order valence-corrected chi connectivity index (χ3v) is 4.32. The maximum Gasteiger partial charge on any atom is 0.410 e. The predicted molar refractivity (Wildman–Crippen MR) is 99.4 cm³/mol. The first-order valence-corrected chi connectivity index (χ1v) is 8.78. The number of rotatable bonds is 2. The van der Waals surface area contributed by atoms with Crippen molar-refractivity contribution in [3.63, 3.8) is 0 Å². The van der Waals surface area contributed by atoms with Crippen LogP contribution >= 0.6 is 0 Å². The van der Waals surface area contributed by atoms with Crippen LogP contribution in [0, 0.1) is 0 Å². The van der Waals surface area contributed by atoms with Gasteiger partial charge in [-0.25, -0.2) is 14.6 Å². The maximum atomic E-state index is 12.2. The molecule has 2 saturated heterocycles. The summed E-state index contributed by atoms with van der Waals surface area (Å²) in [5.74, 6) is 0.416. The lowest BCUT2D eigenvalue weighted by Gasteiger charge is -2.37. The zero-order valence-electron chi connectivity index (χ0n) is 15.5. The number of nitrogens with zero attached hydrogens (tertiary/aromatic N) is 4. The number of nitrogen functional groups attached to an aromatic ring is 1. The van der Waals surface area contributed by atoms with E-state index in [-0.39, 0.29) is 12.1 Å². The lowest BCUT2D eigenvalue weighted by molar-refractivity contribution is 0.0240. The number of anilines is 3. The van der Waals surface area contributed by atoms with Crippen LogP contribution in [0.15, 0.2) is 12.3 Å². The van der Waals surface area contributed by atoms with E-state index in [1.807, 2.05) is 26.8 Å². The monoisotopic (exact) mass is 362 g/mol. The Labute approximate surface area is 153 Å². The van der Waals surface area contributed by atoms with E-state index in [0.717, 1.165) is 11.4 Å². The minimum atomic E-state index is -0.507. The molecule has 2 fully saturated rings. The number of hydrogen-bond donors (Lipinski definition) is 2. The van der Waals surface area contributed by atoms with Crippen molar-refractivity contribution in [2.24, 2.45) is 0 Å². The second-order valence-corrected chi connectivity index (χ2v) is 7.44. The molecule has 3 heterocycles. The summed E-state index contributed by atoms with van der Waals surface area (Å²) in [4.78, 5) is 33.7. The van der Waals surface area contributed by atoms with Crippen molar-refractivity contribution in [1.82, 2.24) is 15.2 Å². The van der Waals surface area contributed by atoms with Crippen LogP contribution in [0.5, 0.6) is 0 Å².